The molecular weight excluding hydrogens is 195 g/mol. The smallest absolute Gasteiger partial charge is 0.385 e. The molecule has 0 rings (SSSR count). The fourth-order valence-corrected chi connectivity index (χ4v) is 0.448. The number of carbonyl (C=O) groups excluding carboxylic acids is 3. The first kappa shape index (κ1) is 10.4. The van der Waals surface area contributed by atoms with Crippen molar-refractivity contribution in [2.24, 2.45) is 0 Å². The average Bonchev–Trinajstić information content (AvgIpc) is 1.84. The molecule has 0 heterocycles. The zero-order chi connectivity index (χ0) is 9.02. The highest BCUT2D eigenvalue weighted by Gasteiger charge is 2.23. The topological polar surface area (TPSA) is 60.4 Å². The van der Waals surface area contributed by atoms with E-state index in [1.165, 1.54) is 0 Å². The van der Waals surface area contributed by atoms with Gasteiger partial charge in [0.15, 0.2) is 4.84 Å². The van der Waals surface area contributed by atoms with Crippen molar-refractivity contribution < 1.29 is 19.1 Å². The molecule has 0 aliphatic carbocycles. The van der Waals surface area contributed by atoms with Crippen LogP contribution < -0.4 is 0 Å². The van der Waals surface area contributed by atoms with Gasteiger partial charge in [-0.25, -0.2) is 4.79 Å². The van der Waals surface area contributed by atoms with E-state index >= 15 is 0 Å². The molecule has 0 radical (unpaired) electrons. The fraction of sp³-hybridized carbons (Fsp3) is 0.400. The van der Waals surface area contributed by atoms with Crippen LogP contribution in [0.4, 0.5) is 0 Å². The van der Waals surface area contributed by atoms with Gasteiger partial charge >= 0.3 is 11.9 Å². The third-order valence-corrected chi connectivity index (χ3v) is 1.03. The number of esters is 2. The lowest BCUT2D eigenvalue weighted by atomic mass is 10.4. The summed E-state index contributed by atoms with van der Waals surface area (Å²) in [6, 6.07) is 0. The molecule has 4 nitrogen and oxygen atoms in total. The van der Waals surface area contributed by atoms with Crippen LogP contribution in [0.1, 0.15) is 6.92 Å². The van der Waals surface area contributed by atoms with E-state index < -0.39 is 22.6 Å². The van der Waals surface area contributed by atoms with Crippen LogP contribution in [0.25, 0.3) is 0 Å². The Hall–Kier alpha value is -0.610. The van der Waals surface area contributed by atoms with Gasteiger partial charge in [-0.15, -0.1) is 0 Å². The van der Waals surface area contributed by atoms with Crippen LogP contribution in [0.5, 0.6) is 0 Å². The Kier molecular flexibility index (Phi) is 4.07. The van der Waals surface area contributed by atoms with E-state index in [-0.39, 0.29) is 0 Å². The molecule has 0 aliphatic rings. The molecule has 11 heavy (non-hydrogen) atoms. The van der Waals surface area contributed by atoms with Crippen molar-refractivity contribution in [3.05, 3.63) is 0 Å². The summed E-state index contributed by atoms with van der Waals surface area (Å²) in [4.78, 5) is 29.5. The Labute approximate surface area is 72.4 Å². The summed E-state index contributed by atoms with van der Waals surface area (Å²) < 4.78 is 3.88. The molecule has 62 valence electrons. The number of rotatable bonds is 2. The van der Waals surface area contributed by atoms with Gasteiger partial charge in [-0.1, -0.05) is 23.2 Å². The van der Waals surface area contributed by atoms with Gasteiger partial charge < -0.3 is 4.74 Å². The molecule has 0 bridgehead atoms. The van der Waals surface area contributed by atoms with Gasteiger partial charge in [0, 0.05) is 6.92 Å². The van der Waals surface area contributed by atoms with Crippen LogP contribution in [-0.2, 0) is 19.1 Å². The Bertz CT molecular complexity index is 199. The first-order valence-corrected chi connectivity index (χ1v) is 3.37. The predicted molar refractivity (Wildman–Crippen MR) is 37.3 cm³/mol. The molecule has 0 spiro atoms. The van der Waals surface area contributed by atoms with E-state index in [4.69, 9.17) is 23.2 Å². The van der Waals surface area contributed by atoms with Gasteiger partial charge in [0.25, 0.3) is 5.78 Å². The van der Waals surface area contributed by atoms with Crippen molar-refractivity contribution >= 4 is 40.9 Å². The molecule has 0 saturated heterocycles. The highest BCUT2D eigenvalue weighted by molar-refractivity contribution is 6.62. The lowest BCUT2D eigenvalue weighted by molar-refractivity contribution is -0.162. The van der Waals surface area contributed by atoms with Crippen molar-refractivity contribution in [3.63, 3.8) is 0 Å². The van der Waals surface area contributed by atoms with Gasteiger partial charge in [-0.3, -0.25) is 9.59 Å². The van der Waals surface area contributed by atoms with Gasteiger partial charge in [-0.05, 0) is 0 Å². The molecule has 0 amide bonds. The zero-order valence-electron chi connectivity index (χ0n) is 5.47. The third kappa shape index (κ3) is 3.95. The molecule has 0 aromatic carbocycles. The van der Waals surface area contributed by atoms with Crippen LogP contribution in [0, 0.1) is 0 Å². The first-order valence-electron chi connectivity index (χ1n) is 2.50. The molecule has 0 aromatic rings. The summed E-state index contributed by atoms with van der Waals surface area (Å²) in [5.74, 6) is -3.37. The minimum atomic E-state index is -1.48. The second-order valence-corrected chi connectivity index (χ2v) is 2.64. The predicted octanol–water partition coefficient (Wildman–Crippen LogP) is 0.449. The van der Waals surface area contributed by atoms with Gasteiger partial charge in [-0.2, -0.15) is 0 Å². The van der Waals surface area contributed by atoms with Crippen LogP contribution in [-0.4, -0.2) is 22.6 Å². The van der Waals surface area contributed by atoms with E-state index in [2.05, 4.69) is 4.74 Å². The average molecular weight is 199 g/mol. The molecule has 0 saturated carbocycles. The van der Waals surface area contributed by atoms with Crippen LogP contribution in [0.3, 0.4) is 0 Å². The summed E-state index contributed by atoms with van der Waals surface area (Å²) >= 11 is 10.0. The summed E-state index contributed by atoms with van der Waals surface area (Å²) in [6.07, 6.45) is 0. The van der Waals surface area contributed by atoms with Crippen LogP contribution in [0.15, 0.2) is 0 Å². The second-order valence-electron chi connectivity index (χ2n) is 1.55. The number of carbonyl (C=O) groups is 3. The number of hydrogen-bond acceptors (Lipinski definition) is 4. The number of ketones is 1. The van der Waals surface area contributed by atoms with Crippen molar-refractivity contribution in [1.29, 1.82) is 0 Å². The van der Waals surface area contributed by atoms with Crippen molar-refractivity contribution in [2.45, 2.75) is 11.8 Å². The molecule has 6 heteroatoms. The normalized spacial score (nSPS) is 9.45. The maximum absolute atomic E-state index is 10.5. The number of halogens is 2. The summed E-state index contributed by atoms with van der Waals surface area (Å²) in [5.41, 5.74) is 0. The van der Waals surface area contributed by atoms with Gasteiger partial charge in [0.2, 0.25) is 0 Å². The molecule has 0 unspecified atom stereocenters. The lowest BCUT2D eigenvalue weighted by Gasteiger charge is -1.97. The van der Waals surface area contributed by atoms with E-state index in [1.807, 2.05) is 0 Å². The van der Waals surface area contributed by atoms with Crippen molar-refractivity contribution in [3.8, 4) is 0 Å². The Morgan fingerprint density at radius 1 is 1.27 bits per heavy atom. The maximum atomic E-state index is 10.5. The Balaban J connectivity index is 4.05. The zero-order valence-corrected chi connectivity index (χ0v) is 6.98. The number of hydrogen-bond donors (Lipinski definition) is 0. The summed E-state index contributed by atoms with van der Waals surface area (Å²) in [6.45, 7) is 0.989. The lowest BCUT2D eigenvalue weighted by Crippen LogP contribution is -2.24. The molecule has 0 atom stereocenters. The standard InChI is InChI=1S/C5H4Cl2O4/c1-2(8)11-5(10)3(9)4(6)7/h4H,1H3. The Morgan fingerprint density at radius 3 is 2.00 bits per heavy atom. The minimum absolute atomic E-state index is 0.877. The summed E-state index contributed by atoms with van der Waals surface area (Å²) in [5, 5.41) is 0. The van der Waals surface area contributed by atoms with E-state index in [0.717, 1.165) is 6.92 Å². The number of ether oxygens (including phenoxy) is 1. The molecule has 0 fully saturated rings. The maximum Gasteiger partial charge on any atom is 0.385 e. The number of alkyl halides is 2. The van der Waals surface area contributed by atoms with E-state index in [9.17, 15) is 14.4 Å². The third-order valence-electron chi connectivity index (χ3n) is 0.636. The highest BCUT2D eigenvalue weighted by Crippen LogP contribution is 2.03. The van der Waals surface area contributed by atoms with Gasteiger partial charge in [0.05, 0.1) is 0 Å². The molecular formula is C5H4Cl2O4. The second kappa shape index (κ2) is 4.31. The van der Waals surface area contributed by atoms with E-state index in [0.29, 0.717) is 0 Å². The fourth-order valence-electron chi connectivity index (χ4n) is 0.270. The highest BCUT2D eigenvalue weighted by atomic mass is 35.5. The summed E-state index contributed by atoms with van der Waals surface area (Å²) in [7, 11) is 0. The first-order chi connectivity index (χ1) is 4.95. The molecule has 0 aromatic heterocycles. The SMILES string of the molecule is CC(=O)OC(=O)C(=O)C(Cl)Cl. The van der Waals surface area contributed by atoms with Crippen LogP contribution >= 0.6 is 23.2 Å². The largest absolute Gasteiger partial charge is 0.387 e. The quantitative estimate of drug-likeness (QED) is 0.280. The van der Waals surface area contributed by atoms with Crippen molar-refractivity contribution in [2.75, 3.05) is 0 Å². The molecule has 0 N–H and O–H groups in total. The van der Waals surface area contributed by atoms with Gasteiger partial charge in [0.1, 0.15) is 0 Å². The monoisotopic (exact) mass is 198 g/mol. The van der Waals surface area contributed by atoms with Crippen LogP contribution in [0.2, 0.25) is 0 Å². The number of Topliss-reactive ketones (excluding diaryl/α,β-unsaturated/α-hetero) is 1. The minimum Gasteiger partial charge on any atom is -0.387 e. The van der Waals surface area contributed by atoms with E-state index in [1.54, 1.807) is 0 Å². The van der Waals surface area contributed by atoms with Crippen molar-refractivity contribution in [1.82, 2.24) is 0 Å². The molecule has 0 aliphatic heterocycles. The Morgan fingerprint density at radius 2 is 1.73 bits per heavy atom.